The number of nitro benzene ring substituents is 1. The van der Waals surface area contributed by atoms with Crippen LogP contribution >= 0.6 is 0 Å². The van der Waals surface area contributed by atoms with Crippen LogP contribution in [0.2, 0.25) is 0 Å². The molecule has 0 amide bonds. The fourth-order valence-corrected chi connectivity index (χ4v) is 1.30. The van der Waals surface area contributed by atoms with Crippen molar-refractivity contribution in [1.29, 1.82) is 0 Å². The number of aliphatic hydroxyl groups is 1. The standard InChI is InChI=1S/C9H12N2O3/c1-2-8(12)9-6(10)4-3-5-7(9)11(13)14/h3-5,8,12H,2,10H2,1H3. The number of hydrogen-bond donors (Lipinski definition) is 2. The molecule has 0 saturated heterocycles. The predicted octanol–water partition coefficient (Wildman–Crippen LogP) is 1.62. The summed E-state index contributed by atoms with van der Waals surface area (Å²) >= 11 is 0. The second-order valence-electron chi connectivity index (χ2n) is 2.96. The van der Waals surface area contributed by atoms with Crippen molar-refractivity contribution >= 4 is 11.4 Å². The van der Waals surface area contributed by atoms with Crippen molar-refractivity contribution in [2.45, 2.75) is 19.4 Å². The van der Waals surface area contributed by atoms with Crippen molar-refractivity contribution in [2.75, 3.05) is 5.73 Å². The number of hydrogen-bond acceptors (Lipinski definition) is 4. The summed E-state index contributed by atoms with van der Waals surface area (Å²) in [6.07, 6.45) is -0.480. The minimum Gasteiger partial charge on any atom is -0.398 e. The Morgan fingerprint density at radius 1 is 1.64 bits per heavy atom. The van der Waals surface area contributed by atoms with E-state index in [0.29, 0.717) is 6.42 Å². The number of rotatable bonds is 3. The van der Waals surface area contributed by atoms with Crippen LogP contribution in [-0.4, -0.2) is 10.0 Å². The first-order chi connectivity index (χ1) is 6.57. The number of aliphatic hydroxyl groups excluding tert-OH is 1. The molecule has 3 N–H and O–H groups in total. The van der Waals surface area contributed by atoms with Crippen molar-refractivity contribution in [1.82, 2.24) is 0 Å². The van der Waals surface area contributed by atoms with Crippen LogP contribution in [0.25, 0.3) is 0 Å². The zero-order valence-electron chi connectivity index (χ0n) is 7.80. The Morgan fingerprint density at radius 3 is 2.79 bits per heavy atom. The molecule has 1 aromatic carbocycles. The first kappa shape index (κ1) is 10.5. The third-order valence-electron chi connectivity index (χ3n) is 2.03. The predicted molar refractivity (Wildman–Crippen MR) is 52.8 cm³/mol. The van der Waals surface area contributed by atoms with E-state index in [0.717, 1.165) is 0 Å². The van der Waals surface area contributed by atoms with Crippen molar-refractivity contribution in [2.24, 2.45) is 0 Å². The number of nitro groups is 1. The minimum absolute atomic E-state index is 0.126. The molecule has 1 rings (SSSR count). The first-order valence-corrected chi connectivity index (χ1v) is 4.28. The highest BCUT2D eigenvalue weighted by Gasteiger charge is 2.21. The van der Waals surface area contributed by atoms with Gasteiger partial charge in [0, 0.05) is 11.8 Å². The quantitative estimate of drug-likeness (QED) is 0.436. The summed E-state index contributed by atoms with van der Waals surface area (Å²) in [6.45, 7) is 1.74. The van der Waals surface area contributed by atoms with Gasteiger partial charge in [-0.3, -0.25) is 10.1 Å². The van der Waals surface area contributed by atoms with Crippen LogP contribution in [0.5, 0.6) is 0 Å². The van der Waals surface area contributed by atoms with Gasteiger partial charge in [-0.2, -0.15) is 0 Å². The third-order valence-corrected chi connectivity index (χ3v) is 2.03. The van der Waals surface area contributed by atoms with E-state index in [2.05, 4.69) is 0 Å². The highest BCUT2D eigenvalue weighted by atomic mass is 16.6. The Morgan fingerprint density at radius 2 is 2.29 bits per heavy atom. The van der Waals surface area contributed by atoms with Crippen molar-refractivity contribution in [3.05, 3.63) is 33.9 Å². The van der Waals surface area contributed by atoms with Crippen LogP contribution in [0.1, 0.15) is 25.0 Å². The lowest BCUT2D eigenvalue weighted by molar-refractivity contribution is -0.386. The monoisotopic (exact) mass is 196 g/mol. The Hall–Kier alpha value is -1.62. The zero-order chi connectivity index (χ0) is 10.7. The summed E-state index contributed by atoms with van der Waals surface area (Å²) in [6, 6.07) is 4.38. The van der Waals surface area contributed by atoms with Crippen LogP contribution in [-0.2, 0) is 0 Å². The lowest BCUT2D eigenvalue weighted by Crippen LogP contribution is -2.05. The second-order valence-corrected chi connectivity index (χ2v) is 2.96. The number of anilines is 1. The maximum atomic E-state index is 10.6. The Bertz CT molecular complexity index is 352. The lowest BCUT2D eigenvalue weighted by Gasteiger charge is -2.10. The van der Waals surface area contributed by atoms with E-state index in [9.17, 15) is 15.2 Å². The van der Waals surface area contributed by atoms with Crippen molar-refractivity contribution < 1.29 is 10.0 Å². The Labute approximate surface area is 81.3 Å². The topological polar surface area (TPSA) is 89.4 Å². The van der Waals surface area contributed by atoms with Gasteiger partial charge >= 0.3 is 0 Å². The van der Waals surface area contributed by atoms with E-state index >= 15 is 0 Å². The number of nitrogen functional groups attached to an aromatic ring is 1. The van der Waals surface area contributed by atoms with E-state index < -0.39 is 11.0 Å². The van der Waals surface area contributed by atoms with Gasteiger partial charge < -0.3 is 10.8 Å². The SMILES string of the molecule is CCC(O)c1c(N)cccc1[N+](=O)[O-]. The molecule has 0 aliphatic heterocycles. The number of benzene rings is 1. The van der Waals surface area contributed by atoms with Gasteiger partial charge in [-0.15, -0.1) is 0 Å². The molecule has 1 atom stereocenters. The molecule has 0 spiro atoms. The van der Waals surface area contributed by atoms with Gasteiger partial charge in [0.2, 0.25) is 0 Å². The molecule has 0 aliphatic rings. The number of nitrogens with two attached hydrogens (primary N) is 1. The summed E-state index contributed by atoms with van der Waals surface area (Å²) < 4.78 is 0. The maximum absolute atomic E-state index is 10.6. The van der Waals surface area contributed by atoms with Gasteiger partial charge in [0.1, 0.15) is 0 Å². The molecule has 76 valence electrons. The molecule has 0 heterocycles. The molecule has 0 fully saturated rings. The summed E-state index contributed by atoms with van der Waals surface area (Å²) in [4.78, 5) is 10.1. The maximum Gasteiger partial charge on any atom is 0.277 e. The molecule has 0 radical (unpaired) electrons. The summed E-state index contributed by atoms with van der Waals surface area (Å²) in [5.74, 6) is 0. The molecule has 0 saturated carbocycles. The highest BCUT2D eigenvalue weighted by molar-refractivity contribution is 5.58. The van der Waals surface area contributed by atoms with E-state index in [1.54, 1.807) is 13.0 Å². The number of nitrogens with zero attached hydrogens (tertiary/aromatic N) is 1. The first-order valence-electron chi connectivity index (χ1n) is 4.28. The minimum atomic E-state index is -0.878. The second kappa shape index (κ2) is 4.06. The fourth-order valence-electron chi connectivity index (χ4n) is 1.30. The molecule has 1 aromatic rings. The average Bonchev–Trinajstić information content (AvgIpc) is 2.16. The van der Waals surface area contributed by atoms with Gasteiger partial charge in [-0.05, 0) is 12.5 Å². The van der Waals surface area contributed by atoms with Crippen LogP contribution < -0.4 is 5.73 Å². The van der Waals surface area contributed by atoms with E-state index in [1.807, 2.05) is 0 Å². The molecular weight excluding hydrogens is 184 g/mol. The van der Waals surface area contributed by atoms with Crippen LogP contribution in [0.4, 0.5) is 11.4 Å². The average molecular weight is 196 g/mol. The van der Waals surface area contributed by atoms with Crippen LogP contribution in [0, 0.1) is 10.1 Å². The molecule has 14 heavy (non-hydrogen) atoms. The summed E-state index contributed by atoms with van der Waals surface area (Å²) in [5.41, 5.74) is 5.91. The Balaban J connectivity index is 3.29. The smallest absolute Gasteiger partial charge is 0.277 e. The van der Waals surface area contributed by atoms with E-state index in [1.165, 1.54) is 12.1 Å². The molecule has 0 aliphatic carbocycles. The molecule has 5 nitrogen and oxygen atoms in total. The molecular formula is C9H12N2O3. The third kappa shape index (κ3) is 1.82. The normalized spacial score (nSPS) is 12.4. The van der Waals surface area contributed by atoms with Gasteiger partial charge in [0.05, 0.1) is 16.6 Å². The van der Waals surface area contributed by atoms with Crippen molar-refractivity contribution in [3.8, 4) is 0 Å². The van der Waals surface area contributed by atoms with Gasteiger partial charge in [0.15, 0.2) is 0 Å². The molecule has 0 aromatic heterocycles. The van der Waals surface area contributed by atoms with Gasteiger partial charge in [0.25, 0.3) is 5.69 Å². The van der Waals surface area contributed by atoms with E-state index in [4.69, 9.17) is 5.73 Å². The van der Waals surface area contributed by atoms with Crippen molar-refractivity contribution in [3.63, 3.8) is 0 Å². The highest BCUT2D eigenvalue weighted by Crippen LogP contribution is 2.31. The molecule has 1 unspecified atom stereocenters. The van der Waals surface area contributed by atoms with Crippen LogP contribution in [0.15, 0.2) is 18.2 Å². The van der Waals surface area contributed by atoms with Crippen LogP contribution in [0.3, 0.4) is 0 Å². The lowest BCUT2D eigenvalue weighted by atomic mass is 10.0. The Kier molecular flexibility index (Phi) is 3.03. The molecule has 0 bridgehead atoms. The largest absolute Gasteiger partial charge is 0.398 e. The molecule has 5 heteroatoms. The zero-order valence-corrected chi connectivity index (χ0v) is 7.80. The van der Waals surface area contributed by atoms with Gasteiger partial charge in [-0.25, -0.2) is 0 Å². The van der Waals surface area contributed by atoms with Gasteiger partial charge in [-0.1, -0.05) is 13.0 Å². The fraction of sp³-hybridized carbons (Fsp3) is 0.333. The summed E-state index contributed by atoms with van der Waals surface area (Å²) in [7, 11) is 0. The van der Waals surface area contributed by atoms with E-state index in [-0.39, 0.29) is 16.9 Å². The summed E-state index contributed by atoms with van der Waals surface area (Å²) in [5, 5.41) is 20.2.